The first kappa shape index (κ1) is 10.4. The van der Waals surface area contributed by atoms with Gasteiger partial charge < -0.3 is 10.8 Å². The van der Waals surface area contributed by atoms with Gasteiger partial charge in [0.15, 0.2) is 0 Å². The molecule has 1 unspecified atom stereocenters. The van der Waals surface area contributed by atoms with Crippen LogP contribution < -0.4 is 5.73 Å². The summed E-state index contributed by atoms with van der Waals surface area (Å²) in [4.78, 5) is 10.3. The first-order chi connectivity index (χ1) is 4.95. The number of carboxylic acid groups (broad SMARTS) is 1. The van der Waals surface area contributed by atoms with Gasteiger partial charge in [-0.05, 0) is 11.8 Å². The standard InChI is InChI=1S/C8H17NO2/c1-5(2)6(3)7(9)4-8(10)11/h5-7H,4,9H2,1-3H3,(H,10,11)/t6?,7-/m0/s1. The van der Waals surface area contributed by atoms with Gasteiger partial charge in [-0.3, -0.25) is 4.79 Å². The number of carbonyl (C=O) groups is 1. The Labute approximate surface area is 67.6 Å². The van der Waals surface area contributed by atoms with Crippen LogP contribution in [0.4, 0.5) is 0 Å². The SMILES string of the molecule is CC(C)C(C)[C@@H](N)CC(=O)O. The third kappa shape index (κ3) is 3.98. The fourth-order valence-electron chi connectivity index (χ4n) is 0.882. The van der Waals surface area contributed by atoms with E-state index in [1.165, 1.54) is 0 Å². The summed E-state index contributed by atoms with van der Waals surface area (Å²) in [7, 11) is 0. The molecule has 66 valence electrons. The number of nitrogens with two attached hydrogens (primary N) is 1. The molecule has 0 radical (unpaired) electrons. The van der Waals surface area contributed by atoms with Crippen LogP contribution in [0.2, 0.25) is 0 Å². The quantitative estimate of drug-likeness (QED) is 0.645. The molecule has 0 rings (SSSR count). The highest BCUT2D eigenvalue weighted by Gasteiger charge is 2.18. The lowest BCUT2D eigenvalue weighted by molar-refractivity contribution is -0.137. The van der Waals surface area contributed by atoms with E-state index in [9.17, 15) is 4.79 Å². The third-order valence-corrected chi connectivity index (χ3v) is 2.14. The molecular weight excluding hydrogens is 142 g/mol. The zero-order valence-corrected chi connectivity index (χ0v) is 7.37. The molecule has 3 nitrogen and oxygen atoms in total. The van der Waals surface area contributed by atoms with Crippen LogP contribution in [0.1, 0.15) is 27.2 Å². The van der Waals surface area contributed by atoms with Gasteiger partial charge in [0.2, 0.25) is 0 Å². The summed E-state index contributed by atoms with van der Waals surface area (Å²) in [6, 6.07) is -0.215. The largest absolute Gasteiger partial charge is 0.481 e. The Morgan fingerprint density at radius 1 is 1.45 bits per heavy atom. The molecule has 0 saturated heterocycles. The summed E-state index contributed by atoms with van der Waals surface area (Å²) in [5, 5.41) is 8.43. The third-order valence-electron chi connectivity index (χ3n) is 2.14. The molecule has 2 atom stereocenters. The zero-order valence-electron chi connectivity index (χ0n) is 7.37. The van der Waals surface area contributed by atoms with E-state index in [1.54, 1.807) is 0 Å². The van der Waals surface area contributed by atoms with Gasteiger partial charge >= 0.3 is 5.97 Å². The summed E-state index contributed by atoms with van der Waals surface area (Å²) in [5.41, 5.74) is 5.64. The fraction of sp³-hybridized carbons (Fsp3) is 0.875. The van der Waals surface area contributed by atoms with E-state index in [4.69, 9.17) is 10.8 Å². The molecule has 0 aromatic rings. The van der Waals surface area contributed by atoms with Crippen molar-refractivity contribution in [2.24, 2.45) is 17.6 Å². The first-order valence-corrected chi connectivity index (χ1v) is 3.92. The predicted octanol–water partition coefficient (Wildman–Crippen LogP) is 1.08. The van der Waals surface area contributed by atoms with E-state index in [0.29, 0.717) is 5.92 Å². The van der Waals surface area contributed by atoms with E-state index in [-0.39, 0.29) is 18.4 Å². The molecule has 0 aromatic heterocycles. The van der Waals surface area contributed by atoms with E-state index in [2.05, 4.69) is 0 Å². The van der Waals surface area contributed by atoms with Crippen LogP contribution in [-0.4, -0.2) is 17.1 Å². The van der Waals surface area contributed by atoms with Crippen molar-refractivity contribution < 1.29 is 9.90 Å². The summed E-state index contributed by atoms with van der Waals surface area (Å²) in [6.07, 6.45) is 0.0688. The van der Waals surface area contributed by atoms with Crippen molar-refractivity contribution in [1.82, 2.24) is 0 Å². The van der Waals surface area contributed by atoms with Crippen molar-refractivity contribution in [3.63, 3.8) is 0 Å². The molecule has 0 heterocycles. The lowest BCUT2D eigenvalue weighted by Gasteiger charge is -2.21. The summed E-state index contributed by atoms with van der Waals surface area (Å²) < 4.78 is 0. The predicted molar refractivity (Wildman–Crippen MR) is 44.2 cm³/mol. The van der Waals surface area contributed by atoms with Gasteiger partial charge in [0.25, 0.3) is 0 Å². The summed E-state index contributed by atoms with van der Waals surface area (Å²) in [6.45, 7) is 6.08. The maximum atomic E-state index is 10.3. The summed E-state index contributed by atoms with van der Waals surface area (Å²) >= 11 is 0. The fourth-order valence-corrected chi connectivity index (χ4v) is 0.882. The Balaban J connectivity index is 3.82. The second-order valence-electron chi connectivity index (χ2n) is 3.36. The Kier molecular flexibility index (Phi) is 4.11. The maximum Gasteiger partial charge on any atom is 0.304 e. The smallest absolute Gasteiger partial charge is 0.304 e. The highest BCUT2D eigenvalue weighted by atomic mass is 16.4. The molecule has 0 amide bonds. The van der Waals surface area contributed by atoms with E-state index in [1.807, 2.05) is 20.8 Å². The zero-order chi connectivity index (χ0) is 9.02. The van der Waals surface area contributed by atoms with Gasteiger partial charge in [-0.25, -0.2) is 0 Å². The Bertz CT molecular complexity index is 134. The molecule has 3 N–H and O–H groups in total. The molecule has 0 aliphatic heterocycles. The average molecular weight is 159 g/mol. The van der Waals surface area contributed by atoms with Crippen LogP contribution in [0.3, 0.4) is 0 Å². The highest BCUT2D eigenvalue weighted by Crippen LogP contribution is 2.14. The maximum absolute atomic E-state index is 10.3. The van der Waals surface area contributed by atoms with Crippen molar-refractivity contribution in [3.8, 4) is 0 Å². The molecule has 0 fully saturated rings. The number of aliphatic carboxylic acids is 1. The van der Waals surface area contributed by atoms with Crippen molar-refractivity contribution in [2.45, 2.75) is 33.2 Å². The molecule has 11 heavy (non-hydrogen) atoms. The minimum Gasteiger partial charge on any atom is -0.481 e. The minimum atomic E-state index is -0.815. The first-order valence-electron chi connectivity index (χ1n) is 3.92. The molecule has 3 heteroatoms. The number of hydrogen-bond donors (Lipinski definition) is 2. The van der Waals surface area contributed by atoms with Crippen molar-refractivity contribution in [3.05, 3.63) is 0 Å². The van der Waals surface area contributed by atoms with E-state index in [0.717, 1.165) is 0 Å². The Morgan fingerprint density at radius 2 is 1.91 bits per heavy atom. The molecule has 0 spiro atoms. The van der Waals surface area contributed by atoms with Crippen LogP contribution in [-0.2, 0) is 4.79 Å². The Morgan fingerprint density at radius 3 is 2.18 bits per heavy atom. The van der Waals surface area contributed by atoms with Crippen LogP contribution >= 0.6 is 0 Å². The van der Waals surface area contributed by atoms with Gasteiger partial charge in [0, 0.05) is 6.04 Å². The van der Waals surface area contributed by atoms with Gasteiger partial charge in [-0.1, -0.05) is 20.8 Å². The molecule has 0 aliphatic rings. The topological polar surface area (TPSA) is 63.3 Å². The van der Waals surface area contributed by atoms with Crippen LogP contribution in [0, 0.1) is 11.8 Å². The second-order valence-corrected chi connectivity index (χ2v) is 3.36. The molecule has 0 bridgehead atoms. The van der Waals surface area contributed by atoms with Gasteiger partial charge in [-0.15, -0.1) is 0 Å². The van der Waals surface area contributed by atoms with Crippen molar-refractivity contribution in [1.29, 1.82) is 0 Å². The van der Waals surface area contributed by atoms with Gasteiger partial charge in [0.05, 0.1) is 6.42 Å². The van der Waals surface area contributed by atoms with Gasteiger partial charge in [-0.2, -0.15) is 0 Å². The normalized spacial score (nSPS) is 16.5. The van der Waals surface area contributed by atoms with Crippen molar-refractivity contribution in [2.75, 3.05) is 0 Å². The van der Waals surface area contributed by atoms with E-state index >= 15 is 0 Å². The number of rotatable bonds is 4. The Hall–Kier alpha value is -0.570. The monoisotopic (exact) mass is 159 g/mol. The van der Waals surface area contributed by atoms with Gasteiger partial charge in [0.1, 0.15) is 0 Å². The second kappa shape index (κ2) is 4.34. The van der Waals surface area contributed by atoms with Crippen molar-refractivity contribution >= 4 is 5.97 Å². The molecule has 0 saturated carbocycles. The average Bonchev–Trinajstić information content (AvgIpc) is 1.84. The molecular formula is C8H17NO2. The molecule has 0 aromatic carbocycles. The highest BCUT2D eigenvalue weighted by molar-refractivity contribution is 5.67. The lowest BCUT2D eigenvalue weighted by Crippen LogP contribution is -2.33. The molecule has 0 aliphatic carbocycles. The number of carboxylic acids is 1. The summed E-state index contributed by atoms with van der Waals surface area (Å²) in [5.74, 6) is -0.0968. The van der Waals surface area contributed by atoms with Crippen LogP contribution in [0.15, 0.2) is 0 Å². The van der Waals surface area contributed by atoms with E-state index < -0.39 is 5.97 Å². The lowest BCUT2D eigenvalue weighted by atomic mass is 9.89. The number of hydrogen-bond acceptors (Lipinski definition) is 2. The van der Waals surface area contributed by atoms with Crippen LogP contribution in [0.25, 0.3) is 0 Å². The minimum absolute atomic E-state index is 0.0688. The van der Waals surface area contributed by atoms with Crippen LogP contribution in [0.5, 0.6) is 0 Å².